The van der Waals surface area contributed by atoms with Crippen LogP contribution in [0.15, 0.2) is 271 Å². The number of nitrogens with zero attached hydrogens (tertiary/aromatic N) is 2. The van der Waals surface area contributed by atoms with Crippen molar-refractivity contribution < 1.29 is 4.42 Å². The summed E-state index contributed by atoms with van der Waals surface area (Å²) in [5, 5.41) is 2.32. The third kappa shape index (κ3) is 6.08. The van der Waals surface area contributed by atoms with Crippen LogP contribution in [0.5, 0.6) is 0 Å². The molecule has 0 aliphatic heterocycles. The molecule has 70 heavy (non-hydrogen) atoms. The second-order valence-corrected chi connectivity index (χ2v) is 18.4. The molecule has 14 rings (SSSR count). The molecule has 12 aromatic rings. The molecule has 3 heteroatoms. The molecule has 11 aromatic carbocycles. The lowest BCUT2D eigenvalue weighted by Gasteiger charge is -2.33. The number of fused-ring (bicyclic) bond motifs is 14. The van der Waals surface area contributed by atoms with Gasteiger partial charge < -0.3 is 14.2 Å². The maximum Gasteiger partial charge on any atom is 0.136 e. The van der Waals surface area contributed by atoms with Gasteiger partial charge in [-0.1, -0.05) is 188 Å². The van der Waals surface area contributed by atoms with Gasteiger partial charge in [-0.2, -0.15) is 0 Å². The van der Waals surface area contributed by atoms with E-state index in [1.54, 1.807) is 0 Å². The SMILES string of the molecule is c1ccc(-c2ccc(N(c3ccccc3)c3cc(-c4ccccc4)cc(N(c4ccccc4)c4ccc5c(c4)C4(c6ccccc6-5)c5ccccc5-c5c4ccc4oc6ccccc6c54)c3)cc2)cc1. The Hall–Kier alpha value is -9.18. The van der Waals surface area contributed by atoms with E-state index in [0.29, 0.717) is 0 Å². The van der Waals surface area contributed by atoms with Gasteiger partial charge in [-0.15, -0.1) is 0 Å². The molecule has 0 radical (unpaired) electrons. The van der Waals surface area contributed by atoms with Gasteiger partial charge in [0, 0.05) is 44.9 Å². The maximum atomic E-state index is 6.57. The predicted molar refractivity (Wildman–Crippen MR) is 290 cm³/mol. The van der Waals surface area contributed by atoms with Gasteiger partial charge >= 0.3 is 0 Å². The molecule has 0 saturated heterocycles. The zero-order valence-electron chi connectivity index (χ0n) is 38.2. The van der Waals surface area contributed by atoms with Crippen LogP contribution in [0.25, 0.3) is 66.4 Å². The molecule has 0 N–H and O–H groups in total. The molecule has 3 nitrogen and oxygen atoms in total. The molecule has 0 saturated carbocycles. The molecular weight excluding hydrogens is 849 g/mol. The molecule has 1 aromatic heterocycles. The van der Waals surface area contributed by atoms with E-state index in [1.807, 2.05) is 0 Å². The van der Waals surface area contributed by atoms with Crippen LogP contribution in [-0.2, 0) is 5.41 Å². The molecule has 1 heterocycles. The Balaban J connectivity index is 1.01. The average molecular weight is 893 g/mol. The van der Waals surface area contributed by atoms with E-state index in [4.69, 9.17) is 4.42 Å². The van der Waals surface area contributed by atoms with Gasteiger partial charge in [0.05, 0.1) is 5.41 Å². The first kappa shape index (κ1) is 39.9. The Labute approximate surface area is 407 Å². The van der Waals surface area contributed by atoms with Crippen molar-refractivity contribution in [3.05, 3.63) is 289 Å². The smallest absolute Gasteiger partial charge is 0.136 e. The van der Waals surface area contributed by atoms with Crippen molar-refractivity contribution in [2.75, 3.05) is 9.80 Å². The number of hydrogen-bond donors (Lipinski definition) is 0. The van der Waals surface area contributed by atoms with Gasteiger partial charge in [0.2, 0.25) is 0 Å². The Morgan fingerprint density at radius 2 is 0.757 bits per heavy atom. The molecule has 2 aliphatic carbocycles. The maximum absolute atomic E-state index is 6.57. The normalized spacial score (nSPS) is 14.1. The standard InChI is InChI=1S/C67H44N2O/c1-5-19-45(20-6-1)47-33-35-51(36-34-47)68(49-23-9-3-10-24-49)53-41-48(46-21-7-2-8-22-46)42-54(43-53)69(50-25-11-4-12-26-50)52-37-38-56-55-27-13-16-30-59(55)67(62(56)44-52)60-31-17-14-28-57(60)65-61(67)39-40-64-66(65)58-29-15-18-32-63(58)70-64/h1-44H. The van der Waals surface area contributed by atoms with Crippen molar-refractivity contribution in [1.82, 2.24) is 0 Å². The summed E-state index contributed by atoms with van der Waals surface area (Å²) in [4.78, 5) is 4.83. The third-order valence-electron chi connectivity index (χ3n) is 14.6. The predicted octanol–water partition coefficient (Wildman–Crippen LogP) is 18.2. The van der Waals surface area contributed by atoms with Crippen molar-refractivity contribution in [2.24, 2.45) is 0 Å². The van der Waals surface area contributed by atoms with Crippen LogP contribution in [0, 0.1) is 0 Å². The van der Waals surface area contributed by atoms with Crippen molar-refractivity contribution in [1.29, 1.82) is 0 Å². The zero-order valence-corrected chi connectivity index (χ0v) is 38.2. The highest BCUT2D eigenvalue weighted by Crippen LogP contribution is 2.65. The van der Waals surface area contributed by atoms with Gasteiger partial charge in [0.15, 0.2) is 0 Å². The lowest BCUT2D eigenvalue weighted by atomic mass is 9.70. The number of hydrogen-bond acceptors (Lipinski definition) is 3. The minimum atomic E-state index is -0.574. The quantitative estimate of drug-likeness (QED) is 0.152. The van der Waals surface area contributed by atoms with E-state index in [-0.39, 0.29) is 0 Å². The fraction of sp³-hybridized carbons (Fsp3) is 0.0149. The molecule has 1 atom stereocenters. The molecule has 0 bridgehead atoms. The highest BCUT2D eigenvalue weighted by Gasteiger charge is 2.52. The molecule has 328 valence electrons. The summed E-state index contributed by atoms with van der Waals surface area (Å²) in [6.45, 7) is 0. The highest BCUT2D eigenvalue weighted by molar-refractivity contribution is 6.16. The van der Waals surface area contributed by atoms with Crippen LogP contribution >= 0.6 is 0 Å². The monoisotopic (exact) mass is 892 g/mol. The summed E-state index contributed by atoms with van der Waals surface area (Å²) < 4.78 is 6.57. The Kier molecular flexibility index (Phi) is 9.11. The summed E-state index contributed by atoms with van der Waals surface area (Å²) in [5.74, 6) is 0. The lowest BCUT2D eigenvalue weighted by molar-refractivity contribution is 0.668. The Morgan fingerprint density at radius 3 is 1.43 bits per heavy atom. The molecule has 1 spiro atoms. The minimum absolute atomic E-state index is 0.574. The van der Waals surface area contributed by atoms with Gasteiger partial charge in [-0.3, -0.25) is 0 Å². The van der Waals surface area contributed by atoms with Crippen molar-refractivity contribution in [3.63, 3.8) is 0 Å². The zero-order chi connectivity index (χ0) is 46.2. The number of benzene rings is 11. The molecule has 0 fully saturated rings. The molecule has 0 amide bonds. The van der Waals surface area contributed by atoms with Gasteiger partial charge in [0.1, 0.15) is 11.2 Å². The first-order chi connectivity index (χ1) is 34.7. The first-order valence-electron chi connectivity index (χ1n) is 24.1. The van der Waals surface area contributed by atoms with Gasteiger partial charge in [0.25, 0.3) is 0 Å². The summed E-state index contributed by atoms with van der Waals surface area (Å²) in [6.07, 6.45) is 0. The lowest BCUT2D eigenvalue weighted by Crippen LogP contribution is -2.26. The molecule has 2 aliphatic rings. The fourth-order valence-electron chi connectivity index (χ4n) is 11.7. The van der Waals surface area contributed by atoms with Crippen LogP contribution in [0.1, 0.15) is 22.3 Å². The minimum Gasteiger partial charge on any atom is -0.456 e. The van der Waals surface area contributed by atoms with Crippen molar-refractivity contribution in [2.45, 2.75) is 5.41 Å². The van der Waals surface area contributed by atoms with Crippen molar-refractivity contribution >= 4 is 56.1 Å². The van der Waals surface area contributed by atoms with E-state index in [2.05, 4.69) is 277 Å². The summed E-state index contributed by atoms with van der Waals surface area (Å²) >= 11 is 0. The van der Waals surface area contributed by atoms with Crippen LogP contribution < -0.4 is 9.80 Å². The van der Waals surface area contributed by atoms with Gasteiger partial charge in [-0.05, 0) is 146 Å². The number of furan rings is 1. The van der Waals surface area contributed by atoms with Crippen molar-refractivity contribution in [3.8, 4) is 44.5 Å². The number of para-hydroxylation sites is 3. The van der Waals surface area contributed by atoms with E-state index in [9.17, 15) is 0 Å². The average Bonchev–Trinajstić information content (AvgIpc) is 4.07. The Bertz CT molecular complexity index is 3940. The van der Waals surface area contributed by atoms with Gasteiger partial charge in [-0.25, -0.2) is 0 Å². The Morgan fingerprint density at radius 1 is 0.271 bits per heavy atom. The van der Waals surface area contributed by atoms with Crippen LogP contribution in [0.4, 0.5) is 34.1 Å². The summed E-state index contributed by atoms with van der Waals surface area (Å²) in [6, 6.07) is 97.2. The number of anilines is 6. The van der Waals surface area contributed by atoms with E-state index >= 15 is 0 Å². The van der Waals surface area contributed by atoms with E-state index < -0.39 is 5.41 Å². The van der Waals surface area contributed by atoms with E-state index in [0.717, 1.165) is 61.8 Å². The fourth-order valence-corrected chi connectivity index (χ4v) is 11.7. The first-order valence-corrected chi connectivity index (χ1v) is 24.1. The van der Waals surface area contributed by atoms with Crippen LogP contribution in [0.2, 0.25) is 0 Å². The third-order valence-corrected chi connectivity index (χ3v) is 14.6. The topological polar surface area (TPSA) is 19.6 Å². The van der Waals surface area contributed by atoms with E-state index in [1.165, 1.54) is 61.0 Å². The second-order valence-electron chi connectivity index (χ2n) is 18.4. The number of rotatable bonds is 8. The largest absolute Gasteiger partial charge is 0.456 e. The molecule has 1 unspecified atom stereocenters. The second kappa shape index (κ2) is 16.0. The highest BCUT2D eigenvalue weighted by atomic mass is 16.3. The van der Waals surface area contributed by atoms with Crippen LogP contribution in [-0.4, -0.2) is 0 Å². The molecular formula is C67H44N2O. The summed E-state index contributed by atoms with van der Waals surface area (Å²) in [7, 11) is 0. The van der Waals surface area contributed by atoms with Crippen LogP contribution in [0.3, 0.4) is 0 Å². The summed E-state index contributed by atoms with van der Waals surface area (Å²) in [5.41, 5.74) is 22.5.